The number of nitrogens with zero attached hydrogens (tertiary/aromatic N) is 1. The van der Waals surface area contributed by atoms with E-state index in [0.717, 1.165) is 37.1 Å². The molecule has 2 aromatic carbocycles. The Morgan fingerprint density at radius 1 is 0.900 bits per heavy atom. The van der Waals surface area contributed by atoms with Gasteiger partial charge in [-0.1, -0.05) is 81.8 Å². The summed E-state index contributed by atoms with van der Waals surface area (Å²) in [5.74, 6) is 0. The van der Waals surface area contributed by atoms with Crippen LogP contribution in [-0.2, 0) is 13.0 Å². The number of benzene rings is 2. The zero-order valence-corrected chi connectivity index (χ0v) is 19.6. The molecule has 164 valence electrons. The van der Waals surface area contributed by atoms with Crippen LogP contribution in [0.2, 0.25) is 5.02 Å². The molecule has 0 aliphatic carbocycles. The molecule has 3 nitrogen and oxygen atoms in total. The quantitative estimate of drug-likeness (QED) is 0.341. The van der Waals surface area contributed by atoms with Crippen molar-refractivity contribution in [3.63, 3.8) is 0 Å². The van der Waals surface area contributed by atoms with Crippen LogP contribution in [0.1, 0.15) is 75.5 Å². The predicted molar refractivity (Wildman–Crippen MR) is 129 cm³/mol. The van der Waals surface area contributed by atoms with E-state index >= 15 is 0 Å². The summed E-state index contributed by atoms with van der Waals surface area (Å²) in [5.41, 5.74) is 4.33. The highest BCUT2D eigenvalue weighted by atomic mass is 35.5. The van der Waals surface area contributed by atoms with Gasteiger partial charge in [0, 0.05) is 23.8 Å². The Balaban J connectivity index is 2.03. The van der Waals surface area contributed by atoms with Crippen molar-refractivity contribution in [2.75, 3.05) is 11.9 Å². The fraction of sp³-hybridized carbons (Fsp3) is 0.500. The molecule has 30 heavy (non-hydrogen) atoms. The minimum Gasteiger partial charge on any atom is -0.320 e. The number of unbranched alkanes of at least 4 members (excludes halogenated alkanes) is 5. The second-order valence-corrected chi connectivity index (χ2v) is 8.58. The largest absolute Gasteiger partial charge is 0.322 e. The fourth-order valence-electron chi connectivity index (χ4n) is 3.53. The maximum atomic E-state index is 13.1. The average Bonchev–Trinajstić information content (AvgIpc) is 2.74. The highest BCUT2D eigenvalue weighted by molar-refractivity contribution is 6.30. The van der Waals surface area contributed by atoms with Crippen LogP contribution in [-0.4, -0.2) is 17.5 Å². The van der Waals surface area contributed by atoms with E-state index in [2.05, 4.69) is 43.4 Å². The van der Waals surface area contributed by atoms with Crippen molar-refractivity contribution in [1.82, 2.24) is 4.90 Å². The molecule has 2 aromatic rings. The third-order valence-corrected chi connectivity index (χ3v) is 5.70. The van der Waals surface area contributed by atoms with Gasteiger partial charge < -0.3 is 10.2 Å². The van der Waals surface area contributed by atoms with Crippen LogP contribution in [0.25, 0.3) is 0 Å². The summed E-state index contributed by atoms with van der Waals surface area (Å²) >= 11 is 6.05. The monoisotopic (exact) mass is 428 g/mol. The number of halogens is 1. The predicted octanol–water partition coefficient (Wildman–Crippen LogP) is 8.00. The van der Waals surface area contributed by atoms with E-state index in [0.29, 0.717) is 11.6 Å². The highest BCUT2D eigenvalue weighted by Crippen LogP contribution is 2.21. The number of urea groups is 1. The Hall–Kier alpha value is -2.00. The van der Waals surface area contributed by atoms with E-state index in [-0.39, 0.29) is 6.03 Å². The number of rotatable bonds is 12. The minimum absolute atomic E-state index is 0.0500. The number of carbonyl (C=O) groups is 1. The van der Waals surface area contributed by atoms with Crippen molar-refractivity contribution < 1.29 is 4.79 Å². The first kappa shape index (κ1) is 24.3. The topological polar surface area (TPSA) is 32.3 Å². The summed E-state index contributed by atoms with van der Waals surface area (Å²) in [6.45, 7) is 7.79. The molecule has 0 unspecified atom stereocenters. The lowest BCUT2D eigenvalue weighted by molar-refractivity contribution is 0.207. The molecule has 2 rings (SSSR count). The number of hydrogen-bond acceptors (Lipinski definition) is 1. The molecule has 0 heterocycles. The van der Waals surface area contributed by atoms with E-state index in [9.17, 15) is 4.79 Å². The molecule has 2 amide bonds. The summed E-state index contributed by atoms with van der Waals surface area (Å²) in [4.78, 5) is 15.0. The number of hydrogen-bond donors (Lipinski definition) is 1. The van der Waals surface area contributed by atoms with Crippen LogP contribution in [0.5, 0.6) is 0 Å². The van der Waals surface area contributed by atoms with Crippen LogP contribution in [0.4, 0.5) is 10.5 Å². The molecule has 0 spiro atoms. The zero-order chi connectivity index (χ0) is 21.8. The van der Waals surface area contributed by atoms with Crippen molar-refractivity contribution in [1.29, 1.82) is 0 Å². The first-order valence-corrected chi connectivity index (χ1v) is 11.8. The summed E-state index contributed by atoms with van der Waals surface area (Å²) in [7, 11) is 0. The number of carbonyl (C=O) groups excluding carboxylic acids is 1. The molecule has 4 heteroatoms. The zero-order valence-electron chi connectivity index (χ0n) is 18.8. The summed E-state index contributed by atoms with van der Waals surface area (Å²) < 4.78 is 0. The van der Waals surface area contributed by atoms with Crippen LogP contribution in [0, 0.1) is 6.92 Å². The molecular formula is C26H37ClN2O. The Kier molecular flexibility index (Phi) is 10.8. The first-order valence-electron chi connectivity index (χ1n) is 11.4. The van der Waals surface area contributed by atoms with Crippen LogP contribution < -0.4 is 5.32 Å². The Morgan fingerprint density at radius 2 is 1.57 bits per heavy atom. The van der Waals surface area contributed by atoms with Gasteiger partial charge in [-0.05, 0) is 61.1 Å². The summed E-state index contributed by atoms with van der Waals surface area (Å²) in [6.07, 6.45) is 9.45. The maximum absolute atomic E-state index is 13.1. The van der Waals surface area contributed by atoms with Gasteiger partial charge in [0.25, 0.3) is 0 Å². The smallest absolute Gasteiger partial charge is 0.320 e. The van der Waals surface area contributed by atoms with Crippen LogP contribution >= 0.6 is 11.6 Å². The van der Waals surface area contributed by atoms with E-state index in [1.807, 2.05) is 30.0 Å². The molecule has 0 radical (unpaired) electrons. The first-order chi connectivity index (χ1) is 14.5. The van der Waals surface area contributed by atoms with Gasteiger partial charge in [-0.3, -0.25) is 0 Å². The fourth-order valence-corrected chi connectivity index (χ4v) is 3.76. The third kappa shape index (κ3) is 8.39. The highest BCUT2D eigenvalue weighted by Gasteiger charge is 2.15. The van der Waals surface area contributed by atoms with Crippen molar-refractivity contribution >= 4 is 23.3 Å². The van der Waals surface area contributed by atoms with E-state index in [4.69, 9.17) is 11.6 Å². The lowest BCUT2D eigenvalue weighted by atomic mass is 10.1. The molecule has 0 saturated carbocycles. The van der Waals surface area contributed by atoms with E-state index in [1.54, 1.807) is 0 Å². The van der Waals surface area contributed by atoms with Crippen LogP contribution in [0.3, 0.4) is 0 Å². The van der Waals surface area contributed by atoms with Crippen molar-refractivity contribution in [3.05, 3.63) is 64.2 Å². The van der Waals surface area contributed by atoms with Gasteiger partial charge in [0.1, 0.15) is 0 Å². The normalized spacial score (nSPS) is 10.8. The average molecular weight is 429 g/mol. The lowest BCUT2D eigenvalue weighted by Crippen LogP contribution is -2.35. The van der Waals surface area contributed by atoms with E-state index < -0.39 is 0 Å². The van der Waals surface area contributed by atoms with E-state index in [1.165, 1.54) is 43.2 Å². The van der Waals surface area contributed by atoms with Gasteiger partial charge >= 0.3 is 6.03 Å². The van der Waals surface area contributed by atoms with Crippen molar-refractivity contribution in [2.45, 2.75) is 78.7 Å². The lowest BCUT2D eigenvalue weighted by Gasteiger charge is -2.24. The van der Waals surface area contributed by atoms with Gasteiger partial charge in [0.15, 0.2) is 0 Å². The number of amides is 2. The SMILES string of the molecule is CCCCCCCN(Cc1ccc(CCCC)cc1)C(=O)Nc1ccc(Cl)cc1C. The Morgan fingerprint density at radius 3 is 2.23 bits per heavy atom. The standard InChI is InChI=1S/C26H37ClN2O/c1-4-6-8-9-10-18-29(20-23-14-12-22(13-15-23)11-7-5-2)26(30)28-25-17-16-24(27)19-21(25)3/h12-17,19H,4-11,18,20H2,1-3H3,(H,28,30). The van der Waals surface area contributed by atoms with Gasteiger partial charge in [-0.2, -0.15) is 0 Å². The molecule has 1 N–H and O–H groups in total. The molecule has 0 aliphatic heterocycles. The van der Waals surface area contributed by atoms with Crippen LogP contribution in [0.15, 0.2) is 42.5 Å². The maximum Gasteiger partial charge on any atom is 0.322 e. The molecule has 0 atom stereocenters. The molecule has 0 bridgehead atoms. The second kappa shape index (κ2) is 13.3. The number of anilines is 1. The Labute approximate surface area is 187 Å². The van der Waals surface area contributed by atoms with Gasteiger partial charge in [0.2, 0.25) is 0 Å². The summed E-state index contributed by atoms with van der Waals surface area (Å²) in [6, 6.07) is 14.2. The number of nitrogens with one attached hydrogen (secondary N) is 1. The van der Waals surface area contributed by atoms with Gasteiger partial charge in [-0.15, -0.1) is 0 Å². The van der Waals surface area contributed by atoms with Crippen molar-refractivity contribution in [2.24, 2.45) is 0 Å². The van der Waals surface area contributed by atoms with Crippen molar-refractivity contribution in [3.8, 4) is 0 Å². The molecular weight excluding hydrogens is 392 g/mol. The van der Waals surface area contributed by atoms with Gasteiger partial charge in [0.05, 0.1) is 0 Å². The van der Waals surface area contributed by atoms with Gasteiger partial charge in [-0.25, -0.2) is 4.79 Å². The summed E-state index contributed by atoms with van der Waals surface area (Å²) in [5, 5.41) is 3.76. The third-order valence-electron chi connectivity index (χ3n) is 5.46. The molecule has 0 fully saturated rings. The molecule has 0 aliphatic rings. The second-order valence-electron chi connectivity index (χ2n) is 8.15. The Bertz CT molecular complexity index is 773. The molecule has 0 saturated heterocycles. The number of aryl methyl sites for hydroxylation is 2. The molecule has 0 aromatic heterocycles. The minimum atomic E-state index is -0.0500.